The Labute approximate surface area is 265 Å². The van der Waals surface area contributed by atoms with Crippen LogP contribution >= 0.6 is 0 Å². The fraction of sp³-hybridized carbons (Fsp3) is 0.543. The van der Waals surface area contributed by atoms with Crippen molar-refractivity contribution in [1.82, 2.24) is 20.2 Å². The summed E-state index contributed by atoms with van der Waals surface area (Å²) < 4.78 is 5.83. The molecule has 2 aliphatic carbocycles. The minimum absolute atomic E-state index is 0.0256. The monoisotopic (exact) mass is 618 g/mol. The quantitative estimate of drug-likeness (QED) is 0.227. The number of rotatable bonds is 10. The van der Waals surface area contributed by atoms with Crippen molar-refractivity contribution in [2.75, 3.05) is 39.3 Å². The van der Waals surface area contributed by atoms with Crippen LogP contribution in [0.15, 0.2) is 48.5 Å². The van der Waals surface area contributed by atoms with Crippen molar-refractivity contribution in [3.8, 4) is 11.1 Å². The lowest BCUT2D eigenvalue weighted by atomic mass is 9.84. The fourth-order valence-electron chi connectivity index (χ4n) is 7.07. The molecule has 242 valence electrons. The molecule has 5 rings (SSSR count). The van der Waals surface area contributed by atoms with Crippen molar-refractivity contribution < 1.29 is 29.1 Å². The molecule has 2 fully saturated rings. The van der Waals surface area contributed by atoms with E-state index in [9.17, 15) is 24.4 Å². The van der Waals surface area contributed by atoms with Crippen LogP contribution in [-0.2, 0) is 19.1 Å². The molecular formula is C35H46N4O6. The molecule has 0 spiro atoms. The van der Waals surface area contributed by atoms with E-state index in [1.807, 2.05) is 45.0 Å². The summed E-state index contributed by atoms with van der Waals surface area (Å²) in [5.41, 5.74) is 4.06. The molecular weight excluding hydrogens is 572 g/mol. The molecule has 10 heteroatoms. The van der Waals surface area contributed by atoms with E-state index >= 15 is 0 Å². The van der Waals surface area contributed by atoms with Gasteiger partial charge >= 0.3 is 6.09 Å². The Morgan fingerprint density at radius 1 is 0.956 bits per heavy atom. The van der Waals surface area contributed by atoms with Crippen LogP contribution in [0.2, 0.25) is 0 Å². The second-order valence-electron chi connectivity index (χ2n) is 13.7. The second-order valence-corrected chi connectivity index (χ2v) is 13.7. The molecule has 2 aromatic carbocycles. The van der Waals surface area contributed by atoms with Gasteiger partial charge in [0.2, 0.25) is 18.2 Å². The molecule has 3 aliphatic rings. The zero-order valence-electron chi connectivity index (χ0n) is 26.6. The Balaban J connectivity index is 1.17. The van der Waals surface area contributed by atoms with E-state index in [2.05, 4.69) is 29.6 Å². The van der Waals surface area contributed by atoms with Gasteiger partial charge in [-0.25, -0.2) is 9.86 Å². The maximum absolute atomic E-state index is 13.8. The van der Waals surface area contributed by atoms with Crippen LogP contribution in [0.3, 0.4) is 0 Å². The first-order valence-electron chi connectivity index (χ1n) is 16.2. The van der Waals surface area contributed by atoms with Crippen LogP contribution in [0.25, 0.3) is 11.1 Å². The zero-order valence-corrected chi connectivity index (χ0v) is 26.6. The minimum atomic E-state index is -0.805. The molecule has 4 amide bonds. The predicted molar refractivity (Wildman–Crippen MR) is 169 cm³/mol. The van der Waals surface area contributed by atoms with E-state index in [0.717, 1.165) is 36.8 Å². The highest BCUT2D eigenvalue weighted by Crippen LogP contribution is 2.44. The molecule has 1 heterocycles. The van der Waals surface area contributed by atoms with Crippen LogP contribution in [0.1, 0.15) is 69.9 Å². The van der Waals surface area contributed by atoms with Crippen LogP contribution in [0.4, 0.5) is 4.79 Å². The van der Waals surface area contributed by atoms with Crippen LogP contribution in [-0.4, -0.2) is 89.8 Å². The Morgan fingerprint density at radius 3 is 2.07 bits per heavy atom. The van der Waals surface area contributed by atoms with Crippen molar-refractivity contribution in [1.29, 1.82) is 0 Å². The van der Waals surface area contributed by atoms with Gasteiger partial charge in [0.05, 0.1) is 12.5 Å². The van der Waals surface area contributed by atoms with Crippen LogP contribution in [0, 0.1) is 17.3 Å². The molecule has 0 radical (unpaired) electrons. The standard InChI is InChI=1S/C35H46N4O6/c1-35(2,3)31(36-32(41)25(21-39(44)23-40)20-24-10-4-5-11-24)33(42)37-16-18-38(19-17-37)34(43)45-22-30-28-14-8-6-12-26(28)27-13-7-9-15-29(27)30/h6-9,12-15,23-25,30-31,44H,4-5,10-11,16-22H2,1-3H3,(H,36,41)/t25?,31-/m1/s1. The lowest BCUT2D eigenvalue weighted by Gasteiger charge is -2.39. The number of nitrogens with one attached hydrogen (secondary N) is 1. The Hall–Kier alpha value is -3.92. The maximum atomic E-state index is 13.8. The van der Waals surface area contributed by atoms with Gasteiger partial charge in [0.15, 0.2) is 0 Å². The summed E-state index contributed by atoms with van der Waals surface area (Å²) >= 11 is 0. The van der Waals surface area contributed by atoms with E-state index in [-0.39, 0.29) is 30.9 Å². The number of fused-ring (bicyclic) bond motifs is 3. The predicted octanol–water partition coefficient (Wildman–Crippen LogP) is 4.65. The lowest BCUT2D eigenvalue weighted by molar-refractivity contribution is -0.156. The van der Waals surface area contributed by atoms with Gasteiger partial charge < -0.3 is 19.9 Å². The molecule has 0 aromatic heterocycles. The first-order chi connectivity index (χ1) is 21.6. The third kappa shape index (κ3) is 7.49. The largest absolute Gasteiger partial charge is 0.448 e. The highest BCUT2D eigenvalue weighted by Gasteiger charge is 2.39. The maximum Gasteiger partial charge on any atom is 0.409 e. The third-order valence-electron chi connectivity index (χ3n) is 9.58. The summed E-state index contributed by atoms with van der Waals surface area (Å²) in [5.74, 6) is -0.837. The highest BCUT2D eigenvalue weighted by atomic mass is 16.6. The second kappa shape index (κ2) is 14.0. The van der Waals surface area contributed by atoms with E-state index in [0.29, 0.717) is 50.0 Å². The fourth-order valence-corrected chi connectivity index (χ4v) is 7.07. The summed E-state index contributed by atoms with van der Waals surface area (Å²) in [6.07, 6.45) is 4.72. The number of piperazine rings is 1. The van der Waals surface area contributed by atoms with Gasteiger partial charge in [0, 0.05) is 32.1 Å². The van der Waals surface area contributed by atoms with Crippen molar-refractivity contribution >= 4 is 24.3 Å². The number of ether oxygens (including phenoxy) is 1. The van der Waals surface area contributed by atoms with Crippen molar-refractivity contribution in [3.05, 3.63) is 59.7 Å². The molecule has 10 nitrogen and oxygen atoms in total. The van der Waals surface area contributed by atoms with Gasteiger partial charge in [-0.05, 0) is 40.0 Å². The summed E-state index contributed by atoms with van der Waals surface area (Å²) in [4.78, 5) is 54.9. The molecule has 1 saturated carbocycles. The smallest absolute Gasteiger partial charge is 0.409 e. The summed E-state index contributed by atoms with van der Waals surface area (Å²) in [7, 11) is 0. The normalized spacial score (nSPS) is 18.1. The van der Waals surface area contributed by atoms with Crippen LogP contribution < -0.4 is 5.32 Å². The third-order valence-corrected chi connectivity index (χ3v) is 9.58. The van der Waals surface area contributed by atoms with Gasteiger partial charge in [0.25, 0.3) is 0 Å². The number of hydroxylamine groups is 2. The van der Waals surface area contributed by atoms with E-state index < -0.39 is 23.5 Å². The van der Waals surface area contributed by atoms with Gasteiger partial charge in [-0.3, -0.25) is 19.6 Å². The molecule has 0 bridgehead atoms. The first-order valence-corrected chi connectivity index (χ1v) is 16.2. The number of benzene rings is 2. The van der Waals surface area contributed by atoms with Gasteiger partial charge in [0.1, 0.15) is 12.6 Å². The zero-order chi connectivity index (χ0) is 32.1. The Kier molecular flexibility index (Phi) is 10.1. The lowest BCUT2D eigenvalue weighted by Crippen LogP contribution is -2.60. The van der Waals surface area contributed by atoms with Gasteiger partial charge in [-0.1, -0.05) is 95.0 Å². The van der Waals surface area contributed by atoms with E-state index in [1.54, 1.807) is 9.80 Å². The first kappa shape index (κ1) is 32.5. The number of carbonyl (C=O) groups excluding carboxylic acids is 4. The number of hydrogen-bond donors (Lipinski definition) is 2. The highest BCUT2D eigenvalue weighted by molar-refractivity contribution is 5.89. The molecule has 2 N–H and O–H groups in total. The average Bonchev–Trinajstić information content (AvgIpc) is 3.67. The molecule has 1 unspecified atom stereocenters. The van der Waals surface area contributed by atoms with Crippen LogP contribution in [0.5, 0.6) is 0 Å². The minimum Gasteiger partial charge on any atom is -0.448 e. The average molecular weight is 619 g/mol. The van der Waals surface area contributed by atoms with E-state index in [4.69, 9.17) is 4.74 Å². The molecule has 1 saturated heterocycles. The number of amides is 4. The number of nitrogens with zero attached hydrogens (tertiary/aromatic N) is 3. The van der Waals surface area contributed by atoms with E-state index in [1.165, 1.54) is 11.1 Å². The molecule has 1 aliphatic heterocycles. The van der Waals surface area contributed by atoms with Gasteiger partial charge in [-0.2, -0.15) is 0 Å². The number of hydrogen-bond acceptors (Lipinski definition) is 6. The Bertz CT molecular complexity index is 1330. The molecule has 2 atom stereocenters. The van der Waals surface area contributed by atoms with Crippen molar-refractivity contribution in [2.45, 2.75) is 64.8 Å². The summed E-state index contributed by atoms with van der Waals surface area (Å²) in [5, 5.41) is 13.4. The SMILES string of the molecule is CC(C)(C)[C@H](NC(=O)C(CC1CCCC1)CN(O)C=O)C(=O)N1CCN(C(=O)OCC2c3ccccc3-c3ccccc32)CC1. The number of carbonyl (C=O) groups is 4. The summed E-state index contributed by atoms with van der Waals surface area (Å²) in [6, 6.07) is 15.6. The van der Waals surface area contributed by atoms with Crippen molar-refractivity contribution in [3.63, 3.8) is 0 Å². The summed E-state index contributed by atoms with van der Waals surface area (Å²) in [6.45, 7) is 7.14. The molecule has 2 aromatic rings. The topological polar surface area (TPSA) is 119 Å². The van der Waals surface area contributed by atoms with Crippen molar-refractivity contribution in [2.24, 2.45) is 17.3 Å². The Morgan fingerprint density at radius 2 is 1.51 bits per heavy atom. The molecule has 45 heavy (non-hydrogen) atoms. The van der Waals surface area contributed by atoms with Gasteiger partial charge in [-0.15, -0.1) is 0 Å².